The molecule has 4 rings (SSSR count). The molecule has 1 fully saturated rings. The fraction of sp³-hybridized carbons (Fsp3) is 0.391. The number of rotatable bonds is 5. The lowest BCUT2D eigenvalue weighted by Crippen LogP contribution is -2.47. The SMILES string of the molecule is C[C@]1(O)CC[C@H](NC(=O)NC(Cc2ccc(Br)cc2F)c2nc3ccccc3[nH]2)CC1. The van der Waals surface area contributed by atoms with E-state index in [4.69, 9.17) is 0 Å². The van der Waals surface area contributed by atoms with E-state index < -0.39 is 11.6 Å². The summed E-state index contributed by atoms with van der Waals surface area (Å²) < 4.78 is 15.2. The van der Waals surface area contributed by atoms with Crippen molar-refractivity contribution in [2.75, 3.05) is 0 Å². The van der Waals surface area contributed by atoms with Gasteiger partial charge < -0.3 is 20.7 Å². The summed E-state index contributed by atoms with van der Waals surface area (Å²) in [5, 5.41) is 16.1. The zero-order valence-corrected chi connectivity index (χ0v) is 18.9. The van der Waals surface area contributed by atoms with Crippen LogP contribution in [0.2, 0.25) is 0 Å². The number of imidazole rings is 1. The highest BCUT2D eigenvalue weighted by atomic mass is 79.9. The summed E-state index contributed by atoms with van der Waals surface area (Å²) in [4.78, 5) is 20.6. The third-order valence-electron chi connectivity index (χ3n) is 5.88. The Bertz CT molecular complexity index is 1040. The van der Waals surface area contributed by atoms with Gasteiger partial charge in [0.25, 0.3) is 0 Å². The number of hydrogen-bond donors (Lipinski definition) is 4. The predicted octanol–water partition coefficient (Wildman–Crippen LogP) is 4.74. The van der Waals surface area contributed by atoms with E-state index in [1.807, 2.05) is 31.2 Å². The number of nitrogens with zero attached hydrogens (tertiary/aromatic N) is 1. The first-order chi connectivity index (χ1) is 14.8. The van der Waals surface area contributed by atoms with Crippen molar-refractivity contribution in [3.05, 3.63) is 64.1 Å². The number of amides is 2. The summed E-state index contributed by atoms with van der Waals surface area (Å²) >= 11 is 3.28. The van der Waals surface area contributed by atoms with Gasteiger partial charge in [-0.25, -0.2) is 14.2 Å². The van der Waals surface area contributed by atoms with E-state index in [0.29, 0.717) is 28.7 Å². The van der Waals surface area contributed by atoms with Gasteiger partial charge in [-0.05, 0) is 62.4 Å². The van der Waals surface area contributed by atoms with Gasteiger partial charge in [0.2, 0.25) is 0 Å². The lowest BCUT2D eigenvalue weighted by Gasteiger charge is -2.33. The fourth-order valence-electron chi connectivity index (χ4n) is 4.03. The highest BCUT2D eigenvalue weighted by Crippen LogP contribution is 2.28. The Labute approximate surface area is 188 Å². The fourth-order valence-corrected chi connectivity index (χ4v) is 4.36. The Morgan fingerprint density at radius 2 is 2.06 bits per heavy atom. The number of halogens is 2. The normalized spacial score (nSPS) is 22.3. The number of nitrogens with one attached hydrogen (secondary N) is 3. The smallest absolute Gasteiger partial charge is 0.315 e. The van der Waals surface area contributed by atoms with Gasteiger partial charge in [-0.1, -0.05) is 34.1 Å². The van der Waals surface area contributed by atoms with Crippen LogP contribution in [0.4, 0.5) is 9.18 Å². The standard InChI is InChI=1S/C23H26BrFN4O2/c1-23(31)10-8-16(9-11-23)26-22(30)29-20(12-14-6-7-15(24)13-17(14)25)21-27-18-4-2-3-5-19(18)28-21/h2-7,13,16,20,31H,8-12H2,1H3,(H,27,28)(H2,26,29,30)/t16-,20?,23-. The van der Waals surface area contributed by atoms with Crippen LogP contribution in [0.25, 0.3) is 11.0 Å². The molecule has 6 nitrogen and oxygen atoms in total. The Balaban J connectivity index is 1.52. The third kappa shape index (κ3) is 5.43. The van der Waals surface area contributed by atoms with Crippen molar-refractivity contribution in [3.63, 3.8) is 0 Å². The molecule has 1 saturated carbocycles. The number of aliphatic hydroxyl groups is 1. The average Bonchev–Trinajstić information content (AvgIpc) is 3.15. The first-order valence-corrected chi connectivity index (χ1v) is 11.3. The second-order valence-electron chi connectivity index (χ2n) is 8.52. The number of fused-ring (bicyclic) bond motifs is 1. The largest absolute Gasteiger partial charge is 0.390 e. The van der Waals surface area contributed by atoms with Crippen molar-refractivity contribution < 1.29 is 14.3 Å². The van der Waals surface area contributed by atoms with Crippen LogP contribution in [0.15, 0.2) is 46.9 Å². The molecule has 0 aliphatic heterocycles. The number of aromatic nitrogens is 2. The summed E-state index contributed by atoms with van der Waals surface area (Å²) in [7, 11) is 0. The summed E-state index contributed by atoms with van der Waals surface area (Å²) in [5.74, 6) is 0.234. The first kappa shape index (κ1) is 21.8. The van der Waals surface area contributed by atoms with Crippen molar-refractivity contribution in [2.45, 2.75) is 56.7 Å². The minimum atomic E-state index is -0.662. The molecule has 0 bridgehead atoms. The minimum absolute atomic E-state index is 0.000894. The zero-order chi connectivity index (χ0) is 22.0. The molecule has 1 heterocycles. The van der Waals surface area contributed by atoms with Gasteiger partial charge >= 0.3 is 6.03 Å². The van der Waals surface area contributed by atoms with E-state index >= 15 is 0 Å². The van der Waals surface area contributed by atoms with Crippen molar-refractivity contribution in [3.8, 4) is 0 Å². The molecule has 2 aromatic carbocycles. The molecule has 1 aliphatic carbocycles. The molecule has 31 heavy (non-hydrogen) atoms. The van der Waals surface area contributed by atoms with Crippen molar-refractivity contribution in [2.24, 2.45) is 0 Å². The quantitative estimate of drug-likeness (QED) is 0.418. The summed E-state index contributed by atoms with van der Waals surface area (Å²) in [5.41, 5.74) is 1.47. The molecule has 1 unspecified atom stereocenters. The number of carbonyl (C=O) groups excluding carboxylic acids is 1. The zero-order valence-electron chi connectivity index (χ0n) is 17.3. The van der Waals surface area contributed by atoms with Crippen LogP contribution in [-0.4, -0.2) is 32.7 Å². The van der Waals surface area contributed by atoms with E-state index in [0.717, 1.165) is 23.9 Å². The van der Waals surface area contributed by atoms with E-state index in [1.54, 1.807) is 12.1 Å². The molecule has 0 saturated heterocycles. The van der Waals surface area contributed by atoms with E-state index in [1.165, 1.54) is 6.07 Å². The number of aromatic amines is 1. The summed E-state index contributed by atoms with van der Waals surface area (Å²) in [6, 6.07) is 11.7. The molecule has 0 radical (unpaired) electrons. The molecule has 164 valence electrons. The number of benzene rings is 2. The van der Waals surface area contributed by atoms with Gasteiger partial charge in [0, 0.05) is 16.9 Å². The molecular formula is C23H26BrFN4O2. The molecule has 2 amide bonds. The number of urea groups is 1. The molecule has 1 aromatic heterocycles. The maximum absolute atomic E-state index is 14.5. The van der Waals surface area contributed by atoms with E-state index in [2.05, 4.69) is 36.5 Å². The van der Waals surface area contributed by atoms with Crippen LogP contribution in [0.5, 0.6) is 0 Å². The first-order valence-electron chi connectivity index (χ1n) is 10.5. The van der Waals surface area contributed by atoms with Gasteiger partial charge in [0.15, 0.2) is 0 Å². The Morgan fingerprint density at radius 1 is 1.32 bits per heavy atom. The topological polar surface area (TPSA) is 90.0 Å². The lowest BCUT2D eigenvalue weighted by atomic mass is 9.84. The Kier molecular flexibility index (Phi) is 6.29. The molecule has 1 atom stereocenters. The molecular weight excluding hydrogens is 463 g/mol. The molecule has 3 aromatic rings. The van der Waals surface area contributed by atoms with Gasteiger partial charge in [0.1, 0.15) is 11.6 Å². The number of H-pyrrole nitrogens is 1. The lowest BCUT2D eigenvalue weighted by molar-refractivity contribution is 0.0151. The van der Waals surface area contributed by atoms with Gasteiger partial charge in [-0.3, -0.25) is 0 Å². The highest BCUT2D eigenvalue weighted by Gasteiger charge is 2.30. The van der Waals surface area contributed by atoms with Gasteiger partial charge in [-0.15, -0.1) is 0 Å². The van der Waals surface area contributed by atoms with E-state index in [9.17, 15) is 14.3 Å². The molecule has 8 heteroatoms. The minimum Gasteiger partial charge on any atom is -0.390 e. The van der Waals surface area contributed by atoms with Crippen molar-refractivity contribution in [1.82, 2.24) is 20.6 Å². The van der Waals surface area contributed by atoms with Crippen LogP contribution in [0.3, 0.4) is 0 Å². The van der Waals surface area contributed by atoms with Crippen LogP contribution in [-0.2, 0) is 6.42 Å². The number of para-hydroxylation sites is 2. The predicted molar refractivity (Wildman–Crippen MR) is 121 cm³/mol. The van der Waals surface area contributed by atoms with Crippen LogP contribution < -0.4 is 10.6 Å². The summed E-state index contributed by atoms with van der Waals surface area (Å²) in [6.07, 6.45) is 2.99. The maximum atomic E-state index is 14.5. The van der Waals surface area contributed by atoms with Gasteiger partial charge in [0.05, 0.1) is 22.7 Å². The number of carbonyl (C=O) groups is 1. The van der Waals surface area contributed by atoms with Crippen LogP contribution in [0, 0.1) is 5.82 Å². The maximum Gasteiger partial charge on any atom is 0.315 e. The van der Waals surface area contributed by atoms with Crippen LogP contribution in [0.1, 0.15) is 50.0 Å². The van der Waals surface area contributed by atoms with Gasteiger partial charge in [-0.2, -0.15) is 0 Å². The third-order valence-corrected chi connectivity index (χ3v) is 6.37. The second kappa shape index (κ2) is 8.96. The second-order valence-corrected chi connectivity index (χ2v) is 9.44. The van der Waals surface area contributed by atoms with Crippen molar-refractivity contribution >= 4 is 33.0 Å². The van der Waals surface area contributed by atoms with Crippen molar-refractivity contribution in [1.29, 1.82) is 0 Å². The Morgan fingerprint density at radius 3 is 2.77 bits per heavy atom. The molecule has 0 spiro atoms. The molecule has 4 N–H and O–H groups in total. The summed E-state index contributed by atoms with van der Waals surface area (Å²) in [6.45, 7) is 1.83. The monoisotopic (exact) mass is 488 g/mol. The Hall–Kier alpha value is -2.45. The van der Waals surface area contributed by atoms with Crippen LogP contribution >= 0.6 is 15.9 Å². The van der Waals surface area contributed by atoms with E-state index in [-0.39, 0.29) is 24.3 Å². The average molecular weight is 489 g/mol. The molecule has 1 aliphatic rings. The number of hydrogen-bond acceptors (Lipinski definition) is 3. The highest BCUT2D eigenvalue weighted by molar-refractivity contribution is 9.10.